The van der Waals surface area contributed by atoms with Crippen molar-refractivity contribution in [2.45, 2.75) is 13.0 Å². The van der Waals surface area contributed by atoms with E-state index in [1.807, 2.05) is 0 Å². The number of hydrogen-bond acceptors (Lipinski definition) is 4. The number of aromatic amines is 1. The number of rotatable bonds is 2. The van der Waals surface area contributed by atoms with Gasteiger partial charge in [0.05, 0.1) is 5.02 Å². The summed E-state index contributed by atoms with van der Waals surface area (Å²) in [5.74, 6) is 0.813. The number of H-pyrrole nitrogens is 1. The number of halogens is 2. The molecule has 7 heteroatoms. The van der Waals surface area contributed by atoms with Crippen molar-refractivity contribution in [2.24, 2.45) is 0 Å². The SMILES string of the molecule is C[C@@H]1CN(c2n[nH]c(-c3ccc(F)c(Cl)c3)n2)CCN1. The molecule has 1 aromatic heterocycles. The van der Waals surface area contributed by atoms with Crippen LogP contribution < -0.4 is 10.2 Å². The van der Waals surface area contributed by atoms with Gasteiger partial charge in [-0.1, -0.05) is 11.6 Å². The number of hydrogen-bond donors (Lipinski definition) is 2. The van der Waals surface area contributed by atoms with E-state index in [-0.39, 0.29) is 5.02 Å². The zero-order valence-corrected chi connectivity index (χ0v) is 11.8. The van der Waals surface area contributed by atoms with E-state index in [1.54, 1.807) is 12.1 Å². The molecule has 2 aromatic rings. The Kier molecular flexibility index (Phi) is 3.58. The molecule has 1 aliphatic rings. The van der Waals surface area contributed by atoms with E-state index in [0.29, 0.717) is 17.8 Å². The van der Waals surface area contributed by atoms with Crippen LogP contribution in [0.15, 0.2) is 18.2 Å². The zero-order valence-electron chi connectivity index (χ0n) is 11.0. The monoisotopic (exact) mass is 295 g/mol. The van der Waals surface area contributed by atoms with Gasteiger partial charge in [0.1, 0.15) is 5.82 Å². The first-order valence-electron chi connectivity index (χ1n) is 6.49. The molecule has 2 N–H and O–H groups in total. The lowest BCUT2D eigenvalue weighted by Crippen LogP contribution is -2.49. The molecule has 106 valence electrons. The molecule has 1 atom stereocenters. The first-order valence-corrected chi connectivity index (χ1v) is 6.87. The summed E-state index contributed by atoms with van der Waals surface area (Å²) < 4.78 is 13.2. The predicted molar refractivity (Wildman–Crippen MR) is 76.5 cm³/mol. The van der Waals surface area contributed by atoms with Crippen molar-refractivity contribution < 1.29 is 4.39 Å². The van der Waals surface area contributed by atoms with Gasteiger partial charge in [-0.3, -0.25) is 5.10 Å². The van der Waals surface area contributed by atoms with E-state index >= 15 is 0 Å². The summed E-state index contributed by atoms with van der Waals surface area (Å²) in [5, 5.41) is 10.6. The lowest BCUT2D eigenvalue weighted by Gasteiger charge is -2.30. The van der Waals surface area contributed by atoms with Gasteiger partial charge in [0.25, 0.3) is 0 Å². The molecule has 1 fully saturated rings. The summed E-state index contributed by atoms with van der Waals surface area (Å²) in [6, 6.07) is 4.91. The van der Waals surface area contributed by atoms with Crippen LogP contribution in [0.5, 0.6) is 0 Å². The van der Waals surface area contributed by atoms with Crippen LogP contribution in [-0.2, 0) is 0 Å². The normalized spacial score (nSPS) is 19.4. The van der Waals surface area contributed by atoms with E-state index in [9.17, 15) is 4.39 Å². The Hall–Kier alpha value is -1.66. The Morgan fingerprint density at radius 3 is 3.05 bits per heavy atom. The van der Waals surface area contributed by atoms with Crippen LogP contribution in [0.2, 0.25) is 5.02 Å². The number of piperazine rings is 1. The van der Waals surface area contributed by atoms with E-state index < -0.39 is 5.82 Å². The molecule has 0 aliphatic carbocycles. The van der Waals surface area contributed by atoms with Crippen LogP contribution in [0.1, 0.15) is 6.92 Å². The molecular formula is C13H15ClFN5. The van der Waals surface area contributed by atoms with Crippen LogP contribution in [0, 0.1) is 5.82 Å². The minimum atomic E-state index is -0.439. The Balaban J connectivity index is 1.84. The van der Waals surface area contributed by atoms with Crippen LogP contribution in [0.4, 0.5) is 10.3 Å². The molecule has 20 heavy (non-hydrogen) atoms. The van der Waals surface area contributed by atoms with Crippen molar-refractivity contribution in [1.29, 1.82) is 0 Å². The standard InChI is InChI=1S/C13H15ClFN5/c1-8-7-20(5-4-16-8)13-17-12(18-19-13)9-2-3-11(15)10(14)6-9/h2-3,6,8,16H,4-5,7H2,1H3,(H,17,18,19)/t8-/m1/s1. The van der Waals surface area contributed by atoms with Crippen LogP contribution >= 0.6 is 11.6 Å². The fourth-order valence-corrected chi connectivity index (χ4v) is 2.46. The first-order chi connectivity index (χ1) is 9.63. The topological polar surface area (TPSA) is 56.8 Å². The maximum Gasteiger partial charge on any atom is 0.245 e. The third-order valence-corrected chi connectivity index (χ3v) is 3.61. The minimum Gasteiger partial charge on any atom is -0.337 e. The average molecular weight is 296 g/mol. The van der Waals surface area contributed by atoms with Gasteiger partial charge in [-0.05, 0) is 25.1 Å². The molecule has 0 unspecified atom stereocenters. The van der Waals surface area contributed by atoms with Gasteiger partial charge in [0.2, 0.25) is 5.95 Å². The molecule has 0 amide bonds. The second-order valence-electron chi connectivity index (χ2n) is 4.91. The lowest BCUT2D eigenvalue weighted by molar-refractivity contribution is 0.480. The maximum atomic E-state index is 13.2. The highest BCUT2D eigenvalue weighted by Crippen LogP contribution is 2.23. The fraction of sp³-hybridized carbons (Fsp3) is 0.385. The van der Waals surface area contributed by atoms with Gasteiger partial charge < -0.3 is 10.2 Å². The molecule has 1 aromatic carbocycles. The molecule has 0 radical (unpaired) electrons. The van der Waals surface area contributed by atoms with E-state index in [0.717, 1.165) is 25.2 Å². The number of nitrogens with one attached hydrogen (secondary N) is 2. The molecule has 5 nitrogen and oxygen atoms in total. The van der Waals surface area contributed by atoms with Gasteiger partial charge in [-0.2, -0.15) is 4.98 Å². The van der Waals surface area contributed by atoms with Crippen LogP contribution in [0.3, 0.4) is 0 Å². The molecule has 3 rings (SSSR count). The highest BCUT2D eigenvalue weighted by molar-refractivity contribution is 6.31. The predicted octanol–water partition coefficient (Wildman–Crippen LogP) is 2.06. The molecule has 0 spiro atoms. The molecular weight excluding hydrogens is 281 g/mol. The molecule has 1 saturated heterocycles. The number of aromatic nitrogens is 3. The number of benzene rings is 1. The highest BCUT2D eigenvalue weighted by Gasteiger charge is 2.19. The van der Waals surface area contributed by atoms with E-state index in [2.05, 4.69) is 32.3 Å². The summed E-state index contributed by atoms with van der Waals surface area (Å²) in [5.41, 5.74) is 0.721. The average Bonchev–Trinajstić information content (AvgIpc) is 2.92. The lowest BCUT2D eigenvalue weighted by atomic mass is 10.2. The molecule has 1 aliphatic heterocycles. The third-order valence-electron chi connectivity index (χ3n) is 3.32. The van der Waals surface area contributed by atoms with Gasteiger partial charge in [-0.25, -0.2) is 4.39 Å². The second-order valence-corrected chi connectivity index (χ2v) is 5.32. The van der Waals surface area contributed by atoms with Gasteiger partial charge in [0, 0.05) is 31.2 Å². The van der Waals surface area contributed by atoms with Gasteiger partial charge in [-0.15, -0.1) is 5.10 Å². The van der Waals surface area contributed by atoms with Crippen molar-refractivity contribution in [3.8, 4) is 11.4 Å². The van der Waals surface area contributed by atoms with Crippen molar-refractivity contribution in [2.75, 3.05) is 24.5 Å². The van der Waals surface area contributed by atoms with Gasteiger partial charge >= 0.3 is 0 Å². The largest absolute Gasteiger partial charge is 0.337 e. The fourth-order valence-electron chi connectivity index (χ4n) is 2.28. The summed E-state index contributed by atoms with van der Waals surface area (Å²) in [6.07, 6.45) is 0. The first kappa shape index (κ1) is 13.3. The van der Waals surface area contributed by atoms with Crippen molar-refractivity contribution >= 4 is 17.5 Å². The van der Waals surface area contributed by atoms with E-state index in [1.165, 1.54) is 6.07 Å². The summed E-state index contributed by atoms with van der Waals surface area (Å²) in [7, 11) is 0. The maximum absolute atomic E-state index is 13.2. The highest BCUT2D eigenvalue weighted by atomic mass is 35.5. The Morgan fingerprint density at radius 1 is 1.45 bits per heavy atom. The quantitative estimate of drug-likeness (QED) is 0.890. The summed E-state index contributed by atoms with van der Waals surface area (Å²) >= 11 is 5.78. The van der Waals surface area contributed by atoms with E-state index in [4.69, 9.17) is 11.6 Å². The Morgan fingerprint density at radius 2 is 2.30 bits per heavy atom. The zero-order chi connectivity index (χ0) is 14.1. The van der Waals surface area contributed by atoms with Crippen LogP contribution in [0.25, 0.3) is 11.4 Å². The van der Waals surface area contributed by atoms with Gasteiger partial charge in [0.15, 0.2) is 5.82 Å². The van der Waals surface area contributed by atoms with Crippen molar-refractivity contribution in [3.63, 3.8) is 0 Å². The molecule has 2 heterocycles. The Labute approximate surface area is 121 Å². The van der Waals surface area contributed by atoms with Crippen molar-refractivity contribution in [1.82, 2.24) is 20.5 Å². The third kappa shape index (κ3) is 2.62. The minimum absolute atomic E-state index is 0.0799. The Bertz CT molecular complexity index is 615. The van der Waals surface area contributed by atoms with Crippen LogP contribution in [-0.4, -0.2) is 40.9 Å². The molecule has 0 saturated carbocycles. The second kappa shape index (κ2) is 5.38. The summed E-state index contributed by atoms with van der Waals surface area (Å²) in [4.78, 5) is 6.58. The van der Waals surface area contributed by atoms with Crippen molar-refractivity contribution in [3.05, 3.63) is 29.0 Å². The smallest absolute Gasteiger partial charge is 0.245 e. The molecule has 0 bridgehead atoms. The number of anilines is 1. The number of nitrogens with zero attached hydrogens (tertiary/aromatic N) is 3. The summed E-state index contributed by atoms with van der Waals surface area (Å²) in [6.45, 7) is 4.76.